The molecule has 0 saturated heterocycles. The van der Waals surface area contributed by atoms with Crippen LogP contribution < -0.4 is 4.72 Å². The molecule has 0 fully saturated rings. The van der Waals surface area contributed by atoms with Gasteiger partial charge < -0.3 is 14.1 Å². The molecule has 1 amide bonds. The predicted octanol–water partition coefficient (Wildman–Crippen LogP) is 3.68. The zero-order chi connectivity index (χ0) is 21.6. The summed E-state index contributed by atoms with van der Waals surface area (Å²) in [5.41, 5.74) is 1.67. The van der Waals surface area contributed by atoms with Crippen molar-refractivity contribution < 1.29 is 22.4 Å². The third kappa shape index (κ3) is 5.49. The van der Waals surface area contributed by atoms with Crippen molar-refractivity contribution in [3.63, 3.8) is 0 Å². The normalized spacial score (nSPS) is 11.3. The van der Waals surface area contributed by atoms with Crippen molar-refractivity contribution in [1.82, 2.24) is 4.90 Å². The van der Waals surface area contributed by atoms with Crippen LogP contribution in [0.25, 0.3) is 0 Å². The van der Waals surface area contributed by atoms with Gasteiger partial charge in [-0.1, -0.05) is 18.2 Å². The number of benzene rings is 2. The van der Waals surface area contributed by atoms with Gasteiger partial charge >= 0.3 is 0 Å². The van der Waals surface area contributed by atoms with Gasteiger partial charge in [0, 0.05) is 24.9 Å². The number of hydrogen-bond acceptors (Lipinski definition) is 5. The number of nitrogens with one attached hydrogen (secondary N) is 1. The van der Waals surface area contributed by atoms with E-state index >= 15 is 0 Å². The van der Waals surface area contributed by atoms with Crippen molar-refractivity contribution in [2.24, 2.45) is 0 Å². The lowest BCUT2D eigenvalue weighted by Crippen LogP contribution is -2.33. The summed E-state index contributed by atoms with van der Waals surface area (Å²) in [5.74, 6) is 0.320. The maximum atomic E-state index is 13.1. The number of nitrogens with zero attached hydrogens (tertiary/aromatic N) is 1. The lowest BCUT2D eigenvalue weighted by molar-refractivity contribution is 0.0666. The predicted molar refractivity (Wildman–Crippen MR) is 114 cm³/mol. The van der Waals surface area contributed by atoms with Gasteiger partial charge in [-0.15, -0.1) is 0 Å². The first kappa shape index (κ1) is 21.6. The molecule has 7 nitrogen and oxygen atoms in total. The number of anilines is 1. The van der Waals surface area contributed by atoms with Crippen molar-refractivity contribution in [2.75, 3.05) is 25.0 Å². The van der Waals surface area contributed by atoms with Crippen molar-refractivity contribution in [1.29, 1.82) is 0 Å². The molecule has 30 heavy (non-hydrogen) atoms. The molecule has 1 aromatic heterocycles. The SMILES string of the molecule is COCCN(Cc1ccco1)C(=O)c1cccc(S(=O)(=O)Nc2cccc(C)c2)c1. The van der Waals surface area contributed by atoms with Crippen LogP contribution in [-0.4, -0.2) is 39.5 Å². The molecule has 0 aliphatic carbocycles. The van der Waals surface area contributed by atoms with Gasteiger partial charge in [0.1, 0.15) is 5.76 Å². The van der Waals surface area contributed by atoms with Crippen LogP contribution in [0.4, 0.5) is 5.69 Å². The van der Waals surface area contributed by atoms with E-state index < -0.39 is 10.0 Å². The highest BCUT2D eigenvalue weighted by Crippen LogP contribution is 2.19. The number of sulfonamides is 1. The van der Waals surface area contributed by atoms with Gasteiger partial charge in [0.2, 0.25) is 0 Å². The van der Waals surface area contributed by atoms with Crippen LogP contribution in [0.1, 0.15) is 21.7 Å². The van der Waals surface area contributed by atoms with Crippen LogP contribution in [0.3, 0.4) is 0 Å². The van der Waals surface area contributed by atoms with E-state index in [9.17, 15) is 13.2 Å². The molecule has 1 N–H and O–H groups in total. The molecule has 0 aliphatic rings. The van der Waals surface area contributed by atoms with E-state index in [0.717, 1.165) is 5.56 Å². The van der Waals surface area contributed by atoms with E-state index in [2.05, 4.69) is 4.72 Å². The van der Waals surface area contributed by atoms with Gasteiger partial charge in [-0.25, -0.2) is 8.42 Å². The minimum Gasteiger partial charge on any atom is -0.467 e. The number of amides is 1. The molecular formula is C22H24N2O5S. The molecule has 0 aliphatic heterocycles. The van der Waals surface area contributed by atoms with Gasteiger partial charge in [-0.05, 0) is 55.0 Å². The van der Waals surface area contributed by atoms with Crippen LogP contribution in [0.5, 0.6) is 0 Å². The fourth-order valence-corrected chi connectivity index (χ4v) is 4.04. The summed E-state index contributed by atoms with van der Waals surface area (Å²) >= 11 is 0. The molecular weight excluding hydrogens is 404 g/mol. The molecule has 0 unspecified atom stereocenters. The Labute approximate surface area is 176 Å². The fraction of sp³-hybridized carbons (Fsp3) is 0.227. The number of hydrogen-bond donors (Lipinski definition) is 1. The van der Waals surface area contributed by atoms with Gasteiger partial charge in [-0.2, -0.15) is 0 Å². The molecule has 3 rings (SSSR count). The fourth-order valence-electron chi connectivity index (χ4n) is 2.95. The molecule has 0 spiro atoms. The molecule has 0 saturated carbocycles. The summed E-state index contributed by atoms with van der Waals surface area (Å²) in [7, 11) is -2.29. The monoisotopic (exact) mass is 428 g/mol. The third-order valence-corrected chi connectivity index (χ3v) is 5.82. The Morgan fingerprint density at radius 1 is 1.10 bits per heavy atom. The minimum atomic E-state index is -3.84. The van der Waals surface area contributed by atoms with Crippen molar-refractivity contribution in [3.05, 3.63) is 83.8 Å². The van der Waals surface area contributed by atoms with Crippen LogP contribution in [0.2, 0.25) is 0 Å². The average Bonchev–Trinajstić information content (AvgIpc) is 3.23. The van der Waals surface area contributed by atoms with Crippen molar-refractivity contribution in [2.45, 2.75) is 18.4 Å². The van der Waals surface area contributed by atoms with Crippen LogP contribution in [0.15, 0.2) is 76.2 Å². The zero-order valence-electron chi connectivity index (χ0n) is 16.9. The molecule has 2 aromatic carbocycles. The van der Waals surface area contributed by atoms with E-state index in [1.54, 1.807) is 60.7 Å². The summed E-state index contributed by atoms with van der Waals surface area (Å²) in [6.07, 6.45) is 1.54. The van der Waals surface area contributed by atoms with E-state index in [1.165, 1.54) is 12.1 Å². The quantitative estimate of drug-likeness (QED) is 0.562. The van der Waals surface area contributed by atoms with E-state index in [4.69, 9.17) is 9.15 Å². The molecule has 8 heteroatoms. The summed E-state index contributed by atoms with van der Waals surface area (Å²) in [6.45, 7) is 2.83. The topological polar surface area (TPSA) is 88.8 Å². The van der Waals surface area contributed by atoms with E-state index in [-0.39, 0.29) is 22.9 Å². The Balaban J connectivity index is 1.83. The number of aryl methyl sites for hydroxylation is 1. The van der Waals surface area contributed by atoms with Gasteiger partial charge in [0.05, 0.1) is 24.3 Å². The first-order valence-corrected chi connectivity index (χ1v) is 10.9. The Hall–Kier alpha value is -3.10. The lowest BCUT2D eigenvalue weighted by Gasteiger charge is -2.21. The standard InChI is InChI=1S/C22H24N2O5S/c1-17-6-3-8-19(14-17)23-30(26,27)21-10-4-7-18(15-21)22(25)24(11-13-28-2)16-20-9-5-12-29-20/h3-10,12,14-15,23H,11,13,16H2,1-2H3. The Bertz CT molecular complexity index is 1090. The molecule has 0 radical (unpaired) electrons. The van der Waals surface area contributed by atoms with Crippen LogP contribution in [0, 0.1) is 6.92 Å². The number of ether oxygens (including phenoxy) is 1. The van der Waals surface area contributed by atoms with Gasteiger partial charge in [0.15, 0.2) is 0 Å². The number of methoxy groups -OCH3 is 1. The highest BCUT2D eigenvalue weighted by molar-refractivity contribution is 7.92. The second-order valence-corrected chi connectivity index (χ2v) is 8.48. The Kier molecular flexibility index (Phi) is 6.91. The maximum absolute atomic E-state index is 13.1. The average molecular weight is 429 g/mol. The maximum Gasteiger partial charge on any atom is 0.261 e. The molecule has 158 valence electrons. The van der Waals surface area contributed by atoms with Crippen LogP contribution >= 0.6 is 0 Å². The molecule has 3 aromatic rings. The van der Waals surface area contributed by atoms with Gasteiger partial charge in [-0.3, -0.25) is 9.52 Å². The highest BCUT2D eigenvalue weighted by atomic mass is 32.2. The molecule has 0 bridgehead atoms. The second kappa shape index (κ2) is 9.60. The lowest BCUT2D eigenvalue weighted by atomic mass is 10.2. The Morgan fingerprint density at radius 3 is 2.60 bits per heavy atom. The number of carbonyl (C=O) groups excluding carboxylic acids is 1. The third-order valence-electron chi connectivity index (χ3n) is 4.44. The molecule has 0 atom stereocenters. The first-order chi connectivity index (χ1) is 14.4. The van der Waals surface area contributed by atoms with Crippen LogP contribution in [-0.2, 0) is 21.3 Å². The molecule has 1 heterocycles. The highest BCUT2D eigenvalue weighted by Gasteiger charge is 2.21. The summed E-state index contributed by atoms with van der Waals surface area (Å²) in [6, 6.07) is 16.6. The van der Waals surface area contributed by atoms with Crippen molar-refractivity contribution >= 4 is 21.6 Å². The minimum absolute atomic E-state index is 0.0135. The Morgan fingerprint density at radius 2 is 1.90 bits per heavy atom. The second-order valence-electron chi connectivity index (χ2n) is 6.80. The first-order valence-electron chi connectivity index (χ1n) is 9.39. The summed E-state index contributed by atoms with van der Waals surface area (Å²) < 4.78 is 38.6. The number of furan rings is 1. The number of carbonyl (C=O) groups is 1. The van der Waals surface area contributed by atoms with E-state index in [0.29, 0.717) is 24.6 Å². The summed E-state index contributed by atoms with van der Waals surface area (Å²) in [4.78, 5) is 14.6. The van der Waals surface area contributed by atoms with E-state index in [1.807, 2.05) is 13.0 Å². The van der Waals surface area contributed by atoms with Gasteiger partial charge in [0.25, 0.3) is 15.9 Å². The summed E-state index contributed by atoms with van der Waals surface area (Å²) in [5, 5.41) is 0. The van der Waals surface area contributed by atoms with Crippen molar-refractivity contribution in [3.8, 4) is 0 Å². The smallest absolute Gasteiger partial charge is 0.261 e. The number of rotatable bonds is 9. The zero-order valence-corrected chi connectivity index (χ0v) is 17.7. The largest absolute Gasteiger partial charge is 0.467 e.